The summed E-state index contributed by atoms with van der Waals surface area (Å²) in [7, 11) is 0. The molecule has 3 aliphatic heterocycles. The summed E-state index contributed by atoms with van der Waals surface area (Å²) < 4.78 is 38.8. The second-order valence-corrected chi connectivity index (χ2v) is 16.4. The zero-order valence-corrected chi connectivity index (χ0v) is 35.2. The number of cyclic esters (lactones) is 1. The molecule has 61 heavy (non-hydrogen) atoms. The summed E-state index contributed by atoms with van der Waals surface area (Å²) in [6.07, 6.45) is -0.346. The van der Waals surface area contributed by atoms with Crippen LogP contribution in [0.1, 0.15) is 68.9 Å². The van der Waals surface area contributed by atoms with E-state index in [0.717, 1.165) is 27.5 Å². The Morgan fingerprint density at radius 2 is 1.77 bits per heavy atom. The van der Waals surface area contributed by atoms with Crippen LogP contribution in [-0.4, -0.2) is 118 Å². The molecule has 4 aromatic rings. The minimum Gasteiger partial charge on any atom is -0.491 e. The van der Waals surface area contributed by atoms with E-state index in [4.69, 9.17) is 26.8 Å². The first-order valence-corrected chi connectivity index (χ1v) is 20.8. The summed E-state index contributed by atoms with van der Waals surface area (Å²) in [5, 5.41) is 17.4. The molecule has 2 aromatic heterocycles. The first kappa shape index (κ1) is 43.5. The number of alkyl halides is 2. The van der Waals surface area contributed by atoms with Crippen LogP contribution in [-0.2, 0) is 20.9 Å². The lowest BCUT2D eigenvalue weighted by Crippen LogP contribution is -2.51. The highest BCUT2D eigenvalue weighted by molar-refractivity contribution is 6.30. The number of fused-ring (bicyclic) bond motifs is 4. The molecule has 19 heteroatoms. The van der Waals surface area contributed by atoms with Crippen LogP contribution in [0.15, 0.2) is 55.0 Å². The average Bonchev–Trinajstić information content (AvgIpc) is 3.89. The van der Waals surface area contributed by atoms with Crippen LogP contribution in [0.3, 0.4) is 0 Å². The molecule has 2 aromatic carbocycles. The Bertz CT molecular complexity index is 2220. The van der Waals surface area contributed by atoms with Gasteiger partial charge in [0.15, 0.2) is 5.82 Å². The van der Waals surface area contributed by atoms with Crippen molar-refractivity contribution in [2.24, 2.45) is 5.73 Å². The summed E-state index contributed by atoms with van der Waals surface area (Å²) in [5.74, 6) is 1.62. The van der Waals surface area contributed by atoms with Crippen molar-refractivity contribution >= 4 is 46.8 Å². The number of piperazine rings is 1. The maximum atomic E-state index is 13.5. The monoisotopic (exact) mass is 864 g/mol. The predicted octanol–water partition coefficient (Wildman–Crippen LogP) is 4.92. The topological polar surface area (TPSA) is 193 Å². The molecule has 0 spiro atoms. The fraction of sp³-hybridized carbons (Fsp3) is 0.476. The molecule has 1 aliphatic carbocycles. The van der Waals surface area contributed by atoms with Crippen molar-refractivity contribution in [3.8, 4) is 17.1 Å². The fourth-order valence-corrected chi connectivity index (χ4v) is 8.12. The minimum atomic E-state index is -2.75. The Kier molecular flexibility index (Phi) is 13.2. The number of halogens is 3. The average molecular weight is 865 g/mol. The van der Waals surface area contributed by atoms with Gasteiger partial charge in [-0.05, 0) is 49.1 Å². The number of rotatable bonds is 11. The van der Waals surface area contributed by atoms with Gasteiger partial charge in [-0.1, -0.05) is 44.5 Å². The van der Waals surface area contributed by atoms with Crippen molar-refractivity contribution < 1.29 is 37.7 Å². The summed E-state index contributed by atoms with van der Waals surface area (Å²) in [4.78, 5) is 55.1. The highest BCUT2D eigenvalue weighted by atomic mass is 35.5. The zero-order valence-electron chi connectivity index (χ0n) is 34.4. The Morgan fingerprint density at radius 3 is 2.46 bits per heavy atom. The van der Waals surface area contributed by atoms with Gasteiger partial charge in [0.2, 0.25) is 11.8 Å². The van der Waals surface area contributed by atoms with E-state index in [1.165, 1.54) is 6.20 Å². The normalized spacial score (nSPS) is 20.5. The smallest absolute Gasteiger partial charge is 0.416 e. The van der Waals surface area contributed by atoms with Crippen molar-refractivity contribution in [2.75, 3.05) is 61.1 Å². The van der Waals surface area contributed by atoms with Gasteiger partial charge in [0, 0.05) is 67.3 Å². The summed E-state index contributed by atoms with van der Waals surface area (Å²) >= 11 is 6.06. The van der Waals surface area contributed by atoms with Gasteiger partial charge in [0.05, 0.1) is 29.8 Å². The van der Waals surface area contributed by atoms with E-state index < -0.39 is 36.6 Å². The van der Waals surface area contributed by atoms with Crippen LogP contribution in [0.2, 0.25) is 5.02 Å². The molecule has 5 unspecified atom stereocenters. The molecule has 4 aliphatic rings. The number of aliphatic hydroxyl groups excluding tert-OH is 1. The zero-order chi connectivity index (χ0) is 43.5. The van der Waals surface area contributed by atoms with E-state index in [-0.39, 0.29) is 30.2 Å². The number of ether oxygens (including phenoxy) is 2. The van der Waals surface area contributed by atoms with Crippen LogP contribution >= 0.6 is 11.6 Å². The number of hydrogen-bond acceptors (Lipinski definition) is 12. The number of primary amides is 1. The maximum absolute atomic E-state index is 13.5. The van der Waals surface area contributed by atoms with Gasteiger partial charge in [-0.3, -0.25) is 9.59 Å². The van der Waals surface area contributed by atoms with Crippen LogP contribution in [0, 0.1) is 0 Å². The number of aromatic nitrogens is 4. The molecule has 326 valence electrons. The van der Waals surface area contributed by atoms with Gasteiger partial charge >= 0.3 is 6.09 Å². The molecular weight excluding hydrogens is 814 g/mol. The van der Waals surface area contributed by atoms with Gasteiger partial charge in [0.1, 0.15) is 49.0 Å². The van der Waals surface area contributed by atoms with Crippen molar-refractivity contribution in [3.63, 3.8) is 0 Å². The third-order valence-electron chi connectivity index (χ3n) is 11.3. The number of nitrogens with one attached hydrogen (secondary N) is 2. The molecule has 2 fully saturated rings. The molecule has 0 bridgehead atoms. The minimum absolute atomic E-state index is 0.102. The Labute approximate surface area is 357 Å². The molecule has 5 atom stereocenters. The summed E-state index contributed by atoms with van der Waals surface area (Å²) in [6, 6.07) is 11.1. The fourth-order valence-electron chi connectivity index (χ4n) is 7.99. The second kappa shape index (κ2) is 18.6. The lowest BCUT2D eigenvalue weighted by molar-refractivity contribution is -0.133. The molecular formula is C42H51ClF2N10O6. The lowest BCUT2D eigenvalue weighted by atomic mass is 9.96. The Morgan fingerprint density at radius 1 is 1.03 bits per heavy atom. The van der Waals surface area contributed by atoms with Gasteiger partial charge in [-0.2, -0.15) is 0 Å². The Balaban J connectivity index is 0.000000185. The van der Waals surface area contributed by atoms with E-state index in [1.807, 2.05) is 29.2 Å². The number of aliphatic hydroxyl groups is 1. The summed E-state index contributed by atoms with van der Waals surface area (Å²) in [6.45, 7) is 11.6. The summed E-state index contributed by atoms with van der Waals surface area (Å²) in [5.41, 5.74) is 9.33. The molecule has 0 saturated carbocycles. The molecule has 2 saturated heterocycles. The number of nitrogens with zero attached hydrogens (tertiary/aromatic N) is 7. The van der Waals surface area contributed by atoms with Gasteiger partial charge in [-0.15, -0.1) is 0 Å². The number of imidazole rings is 1. The molecule has 5 heterocycles. The first-order valence-electron chi connectivity index (χ1n) is 20.4. The number of carbonyl (C=O) groups is 3. The Hall–Kier alpha value is -5.59. The lowest BCUT2D eigenvalue weighted by Gasteiger charge is -2.38. The quantitative estimate of drug-likeness (QED) is 0.159. The van der Waals surface area contributed by atoms with Crippen molar-refractivity contribution in [2.45, 2.75) is 83.2 Å². The molecule has 16 nitrogen and oxygen atoms in total. The number of carbonyl (C=O) groups excluding carboxylic acids is 3. The third-order valence-corrected chi connectivity index (χ3v) is 11.6. The number of anilines is 3. The van der Waals surface area contributed by atoms with Gasteiger partial charge in [0.25, 0.3) is 6.43 Å². The first-order chi connectivity index (χ1) is 29.2. The molecule has 0 radical (unpaired) electrons. The SMILES string of the molecule is CC(C)NCC(C(=O)N1CCN(c2ncnc3c2C(C)CC3O)CC1)c1ccc(Cl)cc1.CC(Nc1ccc2c(c1)OCCn1cc(N3C(=O)OCC3C(F)F)nc1-2)C(N)=O. The molecule has 5 N–H and O–H groups in total. The maximum Gasteiger partial charge on any atom is 0.416 e. The van der Waals surface area contributed by atoms with Gasteiger partial charge < -0.3 is 45.3 Å². The van der Waals surface area contributed by atoms with Crippen LogP contribution < -0.4 is 30.9 Å². The number of amides is 3. The standard InChI is InChI=1S/C24H32ClN5O2.C18H19F2N5O4/c1-15(2)26-13-19(17-4-6-18(25)7-5-17)24(32)30-10-8-29(9-11-30)23-21-16(3)12-20(31)22(21)27-14-28-23;1-9(16(21)26)22-10-2-3-11-13(6-10)28-5-4-24-7-14(23-17(11)24)25-12(15(19)20)8-29-18(25)27/h4-7,14-16,19-20,26,31H,8-13H2,1-3H3;2-3,6-7,9,12,15,22H,4-5,8H2,1H3,(H2,21,26). The van der Waals surface area contributed by atoms with Crippen molar-refractivity contribution in [1.29, 1.82) is 0 Å². The number of nitrogens with two attached hydrogens (primary N) is 1. The van der Waals surface area contributed by atoms with Crippen LogP contribution in [0.25, 0.3) is 11.4 Å². The third kappa shape index (κ3) is 9.50. The second-order valence-electron chi connectivity index (χ2n) is 15.9. The molecule has 3 amide bonds. The highest BCUT2D eigenvalue weighted by Crippen LogP contribution is 2.43. The van der Waals surface area contributed by atoms with Crippen LogP contribution in [0.5, 0.6) is 5.75 Å². The number of hydrogen-bond donors (Lipinski definition) is 4. The predicted molar refractivity (Wildman–Crippen MR) is 225 cm³/mol. The van der Waals surface area contributed by atoms with Gasteiger partial charge in [-0.25, -0.2) is 33.4 Å². The molecule has 8 rings (SSSR count). The van der Waals surface area contributed by atoms with Crippen molar-refractivity contribution in [1.82, 2.24) is 29.7 Å². The van der Waals surface area contributed by atoms with E-state index >= 15 is 0 Å². The van der Waals surface area contributed by atoms with Crippen LogP contribution in [0.4, 0.5) is 30.9 Å². The number of benzene rings is 2. The highest BCUT2D eigenvalue weighted by Gasteiger charge is 2.42. The van der Waals surface area contributed by atoms with E-state index in [9.17, 15) is 28.3 Å². The van der Waals surface area contributed by atoms with E-state index in [1.54, 1.807) is 36.0 Å². The van der Waals surface area contributed by atoms with E-state index in [2.05, 4.69) is 51.3 Å². The van der Waals surface area contributed by atoms with Crippen molar-refractivity contribution in [3.05, 3.63) is 76.8 Å². The largest absolute Gasteiger partial charge is 0.491 e. The van der Waals surface area contributed by atoms with E-state index in [0.29, 0.717) is 86.2 Å².